The van der Waals surface area contributed by atoms with E-state index in [-0.39, 0.29) is 5.41 Å². The lowest BCUT2D eigenvalue weighted by Gasteiger charge is -2.14. The number of hydrogen-bond acceptors (Lipinski definition) is 1. The normalized spacial score (nSPS) is 36.3. The van der Waals surface area contributed by atoms with Crippen molar-refractivity contribution in [3.05, 3.63) is 35.9 Å². The van der Waals surface area contributed by atoms with Crippen molar-refractivity contribution >= 4 is 0 Å². The Hall–Kier alpha value is -0.820. The van der Waals surface area contributed by atoms with Crippen LogP contribution in [0.2, 0.25) is 0 Å². The van der Waals surface area contributed by atoms with Crippen LogP contribution in [-0.4, -0.2) is 11.7 Å². The predicted octanol–water partition coefficient (Wildman–Crippen LogP) is 3.05. The summed E-state index contributed by atoms with van der Waals surface area (Å²) >= 11 is 0. The van der Waals surface area contributed by atoms with Crippen LogP contribution >= 0.6 is 0 Å². The molecule has 0 aromatic heterocycles. The Kier molecular flexibility index (Phi) is 2.59. The third kappa shape index (κ3) is 1.59. The first-order chi connectivity index (χ1) is 7.11. The Morgan fingerprint density at radius 3 is 2.40 bits per heavy atom. The van der Waals surface area contributed by atoms with Gasteiger partial charge in [-0.3, -0.25) is 0 Å². The minimum Gasteiger partial charge on any atom is -0.396 e. The van der Waals surface area contributed by atoms with Gasteiger partial charge in [-0.25, -0.2) is 0 Å². The summed E-state index contributed by atoms with van der Waals surface area (Å²) in [6, 6.07) is 10.6. The maximum absolute atomic E-state index is 9.40. The van der Waals surface area contributed by atoms with E-state index < -0.39 is 0 Å². The molecule has 1 nitrogen and oxygen atoms in total. The molecule has 1 aromatic rings. The largest absolute Gasteiger partial charge is 0.396 e. The maximum Gasteiger partial charge on any atom is 0.0490 e. The lowest BCUT2D eigenvalue weighted by atomic mass is 9.91. The molecule has 2 unspecified atom stereocenters. The lowest BCUT2D eigenvalue weighted by Crippen LogP contribution is -2.08. The average molecular weight is 204 g/mol. The molecule has 82 valence electrons. The summed E-state index contributed by atoms with van der Waals surface area (Å²) in [5.41, 5.74) is 1.54. The van der Waals surface area contributed by atoms with Crippen LogP contribution in [0.25, 0.3) is 0 Å². The van der Waals surface area contributed by atoms with Crippen LogP contribution in [-0.2, 0) is 0 Å². The van der Waals surface area contributed by atoms with Crippen LogP contribution in [0.1, 0.15) is 32.3 Å². The van der Waals surface area contributed by atoms with E-state index in [0.29, 0.717) is 24.4 Å². The fraction of sp³-hybridized carbons (Fsp3) is 0.571. The second-order valence-electron chi connectivity index (χ2n) is 5.18. The zero-order valence-corrected chi connectivity index (χ0v) is 9.77. The first-order valence-corrected chi connectivity index (χ1v) is 5.77. The molecule has 1 fully saturated rings. The van der Waals surface area contributed by atoms with Crippen molar-refractivity contribution < 1.29 is 5.11 Å². The van der Waals surface area contributed by atoms with Gasteiger partial charge in [0.05, 0.1) is 0 Å². The van der Waals surface area contributed by atoms with Crippen molar-refractivity contribution in [2.75, 3.05) is 6.61 Å². The number of benzene rings is 1. The van der Waals surface area contributed by atoms with E-state index in [2.05, 4.69) is 51.1 Å². The second kappa shape index (κ2) is 3.64. The molecule has 1 N–H and O–H groups in total. The molecule has 1 aliphatic carbocycles. The van der Waals surface area contributed by atoms with Crippen molar-refractivity contribution in [3.8, 4) is 0 Å². The molecule has 0 amide bonds. The standard InChI is InChI=1S/C14H20O/c1-10(12-7-5-4-6-8-12)13-11(2)14(13,3)9-15/h4-8,10-11,13,15H,9H2,1-3H3/t10-,11?,13?,14-/m0/s1. The Balaban J connectivity index is 2.15. The molecule has 15 heavy (non-hydrogen) atoms. The highest BCUT2D eigenvalue weighted by Gasteiger charge is 2.59. The Labute approximate surface area is 92.1 Å². The van der Waals surface area contributed by atoms with Gasteiger partial charge in [-0.2, -0.15) is 0 Å². The topological polar surface area (TPSA) is 20.2 Å². The Bertz CT molecular complexity index is 332. The van der Waals surface area contributed by atoms with E-state index in [1.54, 1.807) is 0 Å². The van der Waals surface area contributed by atoms with Gasteiger partial charge in [-0.1, -0.05) is 51.1 Å². The molecule has 4 atom stereocenters. The van der Waals surface area contributed by atoms with Gasteiger partial charge in [-0.15, -0.1) is 0 Å². The highest BCUT2D eigenvalue weighted by Crippen LogP contribution is 2.63. The van der Waals surface area contributed by atoms with Gasteiger partial charge >= 0.3 is 0 Å². The minimum absolute atomic E-state index is 0.148. The fourth-order valence-corrected chi connectivity index (χ4v) is 3.06. The van der Waals surface area contributed by atoms with Crippen molar-refractivity contribution in [2.24, 2.45) is 17.3 Å². The summed E-state index contributed by atoms with van der Waals surface area (Å²) in [7, 11) is 0. The molecule has 0 heterocycles. The third-order valence-corrected chi connectivity index (χ3v) is 4.44. The van der Waals surface area contributed by atoms with Gasteiger partial charge in [-0.05, 0) is 28.7 Å². The average Bonchev–Trinajstić information content (AvgIpc) is 2.83. The summed E-state index contributed by atoms with van der Waals surface area (Å²) in [6.45, 7) is 7.04. The van der Waals surface area contributed by atoms with Crippen molar-refractivity contribution in [1.82, 2.24) is 0 Å². The summed E-state index contributed by atoms with van der Waals surface area (Å²) < 4.78 is 0. The lowest BCUT2D eigenvalue weighted by molar-refractivity contribution is 0.201. The first kappa shape index (κ1) is 10.7. The highest BCUT2D eigenvalue weighted by atomic mass is 16.3. The molecular formula is C14H20O. The predicted molar refractivity (Wildman–Crippen MR) is 62.7 cm³/mol. The Morgan fingerprint density at radius 2 is 1.93 bits per heavy atom. The van der Waals surface area contributed by atoms with E-state index in [1.165, 1.54) is 5.56 Å². The number of hydrogen-bond donors (Lipinski definition) is 1. The maximum atomic E-state index is 9.40. The molecule has 1 aliphatic rings. The van der Waals surface area contributed by atoms with Crippen molar-refractivity contribution in [3.63, 3.8) is 0 Å². The van der Waals surface area contributed by atoms with E-state index in [0.717, 1.165) is 0 Å². The molecule has 0 spiro atoms. The highest BCUT2D eigenvalue weighted by molar-refractivity contribution is 5.24. The van der Waals surface area contributed by atoms with Crippen molar-refractivity contribution in [2.45, 2.75) is 26.7 Å². The van der Waals surface area contributed by atoms with E-state index in [1.807, 2.05) is 0 Å². The smallest absolute Gasteiger partial charge is 0.0490 e. The first-order valence-electron chi connectivity index (χ1n) is 5.77. The monoisotopic (exact) mass is 204 g/mol. The summed E-state index contributed by atoms with van der Waals surface area (Å²) in [5, 5.41) is 9.40. The van der Waals surface area contributed by atoms with E-state index in [4.69, 9.17) is 0 Å². The molecule has 0 aliphatic heterocycles. The summed E-state index contributed by atoms with van der Waals surface area (Å²) in [6.07, 6.45) is 0. The van der Waals surface area contributed by atoms with Crippen LogP contribution in [0.4, 0.5) is 0 Å². The molecule has 0 radical (unpaired) electrons. The van der Waals surface area contributed by atoms with Crippen LogP contribution in [0.5, 0.6) is 0 Å². The minimum atomic E-state index is 0.148. The fourth-order valence-electron chi connectivity index (χ4n) is 3.06. The molecule has 0 bridgehead atoms. The molecule has 1 aromatic carbocycles. The summed E-state index contributed by atoms with van der Waals surface area (Å²) in [4.78, 5) is 0. The number of rotatable bonds is 3. The molecule has 2 rings (SSSR count). The van der Waals surface area contributed by atoms with Gasteiger partial charge in [0.25, 0.3) is 0 Å². The Morgan fingerprint density at radius 1 is 1.33 bits per heavy atom. The molecule has 1 heteroatoms. The molecule has 0 saturated heterocycles. The molecule has 1 saturated carbocycles. The second-order valence-corrected chi connectivity index (χ2v) is 5.18. The van der Waals surface area contributed by atoms with Gasteiger partial charge in [0.1, 0.15) is 0 Å². The van der Waals surface area contributed by atoms with Gasteiger partial charge in [0.15, 0.2) is 0 Å². The van der Waals surface area contributed by atoms with Crippen LogP contribution in [0, 0.1) is 17.3 Å². The van der Waals surface area contributed by atoms with Crippen LogP contribution < -0.4 is 0 Å². The van der Waals surface area contributed by atoms with E-state index >= 15 is 0 Å². The zero-order chi connectivity index (χ0) is 11.1. The van der Waals surface area contributed by atoms with Crippen molar-refractivity contribution in [1.29, 1.82) is 0 Å². The quantitative estimate of drug-likeness (QED) is 0.802. The van der Waals surface area contributed by atoms with Crippen LogP contribution in [0.15, 0.2) is 30.3 Å². The number of aliphatic hydroxyl groups is 1. The van der Waals surface area contributed by atoms with Gasteiger partial charge in [0, 0.05) is 6.61 Å². The van der Waals surface area contributed by atoms with Crippen LogP contribution in [0.3, 0.4) is 0 Å². The van der Waals surface area contributed by atoms with Gasteiger partial charge < -0.3 is 5.11 Å². The van der Waals surface area contributed by atoms with Gasteiger partial charge in [0.2, 0.25) is 0 Å². The number of aliphatic hydroxyl groups excluding tert-OH is 1. The molecular weight excluding hydrogens is 184 g/mol. The summed E-state index contributed by atoms with van der Waals surface area (Å²) in [5.74, 6) is 1.82. The third-order valence-electron chi connectivity index (χ3n) is 4.44. The zero-order valence-electron chi connectivity index (χ0n) is 9.77. The SMILES string of the molecule is CC1C([C@@H](C)c2ccccc2)[C@@]1(C)CO. The van der Waals surface area contributed by atoms with E-state index in [9.17, 15) is 5.11 Å².